The third-order valence-corrected chi connectivity index (χ3v) is 3.56. The van der Waals surface area contributed by atoms with Gasteiger partial charge in [0.15, 0.2) is 0 Å². The number of anilines is 1. The molecule has 0 fully saturated rings. The minimum absolute atomic E-state index is 0.0197. The summed E-state index contributed by atoms with van der Waals surface area (Å²) in [6.07, 6.45) is 2.71. The SMILES string of the molecule is O=C(O)c1ccc(S(=O)(=O)Nc2cn[nH]c2)cc1. The molecular formula is C10H9N3O4S. The Balaban J connectivity index is 2.27. The highest BCUT2D eigenvalue weighted by atomic mass is 32.2. The van der Waals surface area contributed by atoms with E-state index >= 15 is 0 Å². The highest BCUT2D eigenvalue weighted by Gasteiger charge is 2.15. The van der Waals surface area contributed by atoms with E-state index in [0.29, 0.717) is 5.69 Å². The summed E-state index contributed by atoms with van der Waals surface area (Å²) in [4.78, 5) is 10.6. The van der Waals surface area contributed by atoms with E-state index in [1.165, 1.54) is 36.7 Å². The van der Waals surface area contributed by atoms with Gasteiger partial charge in [-0.1, -0.05) is 0 Å². The zero-order valence-corrected chi connectivity index (χ0v) is 9.81. The van der Waals surface area contributed by atoms with Crippen LogP contribution in [0.25, 0.3) is 0 Å². The number of aromatic amines is 1. The van der Waals surface area contributed by atoms with Crippen molar-refractivity contribution in [2.24, 2.45) is 0 Å². The summed E-state index contributed by atoms with van der Waals surface area (Å²) >= 11 is 0. The lowest BCUT2D eigenvalue weighted by molar-refractivity contribution is 0.0697. The summed E-state index contributed by atoms with van der Waals surface area (Å²) < 4.78 is 26.1. The van der Waals surface area contributed by atoms with Crippen molar-refractivity contribution >= 4 is 21.7 Å². The number of sulfonamides is 1. The number of aromatic nitrogens is 2. The Hall–Kier alpha value is -2.35. The van der Waals surface area contributed by atoms with Gasteiger partial charge >= 0.3 is 5.97 Å². The van der Waals surface area contributed by atoms with Gasteiger partial charge in [0.2, 0.25) is 0 Å². The predicted molar refractivity (Wildman–Crippen MR) is 62.8 cm³/mol. The van der Waals surface area contributed by atoms with E-state index in [4.69, 9.17) is 5.11 Å². The Labute approximate surface area is 103 Å². The Morgan fingerprint density at radius 3 is 2.44 bits per heavy atom. The van der Waals surface area contributed by atoms with Crippen LogP contribution in [-0.2, 0) is 10.0 Å². The lowest BCUT2D eigenvalue weighted by Gasteiger charge is -2.05. The molecule has 0 radical (unpaired) electrons. The van der Waals surface area contributed by atoms with Crippen molar-refractivity contribution in [1.29, 1.82) is 0 Å². The molecule has 2 rings (SSSR count). The number of hydrogen-bond acceptors (Lipinski definition) is 4. The van der Waals surface area contributed by atoms with Crippen LogP contribution in [0.15, 0.2) is 41.6 Å². The molecule has 94 valence electrons. The van der Waals surface area contributed by atoms with E-state index in [-0.39, 0.29) is 10.5 Å². The smallest absolute Gasteiger partial charge is 0.335 e. The zero-order valence-electron chi connectivity index (χ0n) is 8.99. The first-order valence-corrected chi connectivity index (χ1v) is 6.32. The fourth-order valence-corrected chi connectivity index (χ4v) is 2.33. The Morgan fingerprint density at radius 1 is 1.28 bits per heavy atom. The second kappa shape index (κ2) is 4.49. The summed E-state index contributed by atoms with van der Waals surface area (Å²) in [5.74, 6) is -1.11. The molecule has 7 nitrogen and oxygen atoms in total. The molecule has 0 saturated carbocycles. The molecule has 3 N–H and O–H groups in total. The third-order valence-electron chi connectivity index (χ3n) is 2.16. The molecule has 0 bridgehead atoms. The van der Waals surface area contributed by atoms with Gasteiger partial charge in [-0.2, -0.15) is 5.10 Å². The number of carbonyl (C=O) groups is 1. The fourth-order valence-electron chi connectivity index (χ4n) is 1.30. The van der Waals surface area contributed by atoms with Crippen molar-refractivity contribution in [3.8, 4) is 0 Å². The molecule has 18 heavy (non-hydrogen) atoms. The number of hydrogen-bond donors (Lipinski definition) is 3. The van der Waals surface area contributed by atoms with Gasteiger partial charge in [0, 0.05) is 6.20 Å². The van der Waals surface area contributed by atoms with Gasteiger partial charge < -0.3 is 5.11 Å². The third kappa shape index (κ3) is 2.48. The van der Waals surface area contributed by atoms with Crippen molar-refractivity contribution in [3.63, 3.8) is 0 Å². The van der Waals surface area contributed by atoms with Gasteiger partial charge in [-0.15, -0.1) is 0 Å². The number of aromatic carboxylic acids is 1. The zero-order chi connectivity index (χ0) is 13.2. The Bertz CT molecular complexity index is 647. The Kier molecular flexibility index (Phi) is 3.02. The number of nitrogens with zero attached hydrogens (tertiary/aromatic N) is 1. The first-order chi connectivity index (χ1) is 8.49. The van der Waals surface area contributed by atoms with Crippen molar-refractivity contribution in [1.82, 2.24) is 10.2 Å². The molecule has 0 aliphatic carbocycles. The van der Waals surface area contributed by atoms with Gasteiger partial charge in [-0.25, -0.2) is 13.2 Å². The van der Waals surface area contributed by atoms with Gasteiger partial charge in [-0.05, 0) is 24.3 Å². The lowest BCUT2D eigenvalue weighted by Crippen LogP contribution is -2.12. The average Bonchev–Trinajstić information content (AvgIpc) is 2.81. The topological polar surface area (TPSA) is 112 Å². The number of nitrogens with one attached hydrogen (secondary N) is 2. The quantitative estimate of drug-likeness (QED) is 0.762. The maximum absolute atomic E-state index is 11.9. The van der Waals surface area contributed by atoms with Gasteiger partial charge in [0.1, 0.15) is 0 Å². The standard InChI is InChI=1S/C10H9N3O4S/c14-10(15)7-1-3-9(4-2-7)18(16,17)13-8-5-11-12-6-8/h1-6,13H,(H,11,12)(H,14,15). The van der Waals surface area contributed by atoms with Crippen LogP contribution in [0.5, 0.6) is 0 Å². The normalized spacial score (nSPS) is 11.1. The molecule has 8 heteroatoms. The van der Waals surface area contributed by atoms with Crippen molar-refractivity contribution in [2.45, 2.75) is 4.90 Å². The Morgan fingerprint density at radius 2 is 1.94 bits per heavy atom. The van der Waals surface area contributed by atoms with Crippen molar-refractivity contribution in [3.05, 3.63) is 42.2 Å². The number of rotatable bonds is 4. The summed E-state index contributed by atoms with van der Waals surface area (Å²) in [6, 6.07) is 4.91. The second-order valence-corrected chi connectivity index (χ2v) is 5.10. The molecule has 0 spiro atoms. The summed E-state index contributed by atoms with van der Waals surface area (Å²) in [5, 5.41) is 14.8. The number of carboxylic acid groups (broad SMARTS) is 1. The van der Waals surface area contributed by atoms with E-state index in [1.54, 1.807) is 0 Å². The summed E-state index contributed by atoms with van der Waals surface area (Å²) in [5.41, 5.74) is 0.328. The lowest BCUT2D eigenvalue weighted by atomic mass is 10.2. The average molecular weight is 267 g/mol. The van der Waals surface area contributed by atoms with E-state index < -0.39 is 16.0 Å². The molecular weight excluding hydrogens is 258 g/mol. The van der Waals surface area contributed by atoms with Crippen LogP contribution >= 0.6 is 0 Å². The van der Waals surface area contributed by atoms with Crippen molar-refractivity contribution < 1.29 is 18.3 Å². The van der Waals surface area contributed by atoms with Crippen LogP contribution in [0, 0.1) is 0 Å². The number of benzene rings is 1. The van der Waals surface area contributed by atoms with Crippen LogP contribution in [0.2, 0.25) is 0 Å². The molecule has 1 aromatic carbocycles. The maximum Gasteiger partial charge on any atom is 0.335 e. The minimum Gasteiger partial charge on any atom is -0.478 e. The maximum atomic E-state index is 11.9. The van der Waals surface area contributed by atoms with E-state index in [0.717, 1.165) is 0 Å². The molecule has 0 saturated heterocycles. The molecule has 0 atom stereocenters. The van der Waals surface area contributed by atoms with Crippen LogP contribution < -0.4 is 4.72 Å². The fraction of sp³-hybridized carbons (Fsp3) is 0. The van der Waals surface area contributed by atoms with Crippen LogP contribution in [-0.4, -0.2) is 29.7 Å². The van der Waals surface area contributed by atoms with Crippen LogP contribution in [0.3, 0.4) is 0 Å². The summed E-state index contributed by atoms with van der Waals surface area (Å²) in [7, 11) is -3.73. The van der Waals surface area contributed by atoms with Crippen LogP contribution in [0.1, 0.15) is 10.4 Å². The van der Waals surface area contributed by atoms with E-state index in [9.17, 15) is 13.2 Å². The predicted octanol–water partition coefficient (Wildman–Crippen LogP) is 0.909. The van der Waals surface area contributed by atoms with Gasteiger partial charge in [-0.3, -0.25) is 9.82 Å². The molecule has 1 heterocycles. The molecule has 0 amide bonds. The second-order valence-electron chi connectivity index (χ2n) is 3.42. The molecule has 0 unspecified atom stereocenters. The highest BCUT2D eigenvalue weighted by molar-refractivity contribution is 7.92. The first kappa shape index (κ1) is 12.1. The van der Waals surface area contributed by atoms with Crippen LogP contribution in [0.4, 0.5) is 5.69 Å². The largest absolute Gasteiger partial charge is 0.478 e. The first-order valence-electron chi connectivity index (χ1n) is 4.84. The van der Waals surface area contributed by atoms with Crippen molar-refractivity contribution in [2.75, 3.05) is 4.72 Å². The molecule has 2 aromatic rings. The number of carboxylic acids is 1. The molecule has 1 aromatic heterocycles. The van der Waals surface area contributed by atoms with Gasteiger partial charge in [0.25, 0.3) is 10.0 Å². The minimum atomic E-state index is -3.73. The summed E-state index contributed by atoms with van der Waals surface area (Å²) in [6.45, 7) is 0. The highest BCUT2D eigenvalue weighted by Crippen LogP contribution is 2.15. The van der Waals surface area contributed by atoms with Gasteiger partial charge in [0.05, 0.1) is 22.3 Å². The monoisotopic (exact) mass is 267 g/mol. The molecule has 0 aliphatic rings. The number of H-pyrrole nitrogens is 1. The molecule has 0 aliphatic heterocycles. The van der Waals surface area contributed by atoms with E-state index in [1.807, 2.05) is 0 Å². The van der Waals surface area contributed by atoms with E-state index in [2.05, 4.69) is 14.9 Å².